The summed E-state index contributed by atoms with van der Waals surface area (Å²) in [6.07, 6.45) is 1.00. The molecule has 0 saturated carbocycles. The first kappa shape index (κ1) is 17.5. The number of rotatable bonds is 9. The predicted molar refractivity (Wildman–Crippen MR) is 103 cm³/mol. The molecule has 25 heavy (non-hydrogen) atoms. The SMILES string of the molecule is COCCCNCc1c(OCc2ccccc2)ccc2ccccc12. The Morgan fingerprint density at radius 2 is 1.68 bits per heavy atom. The summed E-state index contributed by atoms with van der Waals surface area (Å²) < 4.78 is 11.3. The van der Waals surface area contributed by atoms with E-state index in [-0.39, 0.29) is 0 Å². The molecule has 0 aliphatic rings. The Labute approximate surface area is 149 Å². The van der Waals surface area contributed by atoms with Crippen molar-refractivity contribution in [3.63, 3.8) is 0 Å². The first-order valence-electron chi connectivity index (χ1n) is 8.75. The molecule has 3 heteroatoms. The van der Waals surface area contributed by atoms with E-state index in [2.05, 4.69) is 53.8 Å². The zero-order valence-electron chi connectivity index (χ0n) is 14.7. The third-order valence-electron chi connectivity index (χ3n) is 4.24. The molecule has 0 spiro atoms. The van der Waals surface area contributed by atoms with E-state index >= 15 is 0 Å². The maximum atomic E-state index is 6.14. The number of ether oxygens (including phenoxy) is 2. The van der Waals surface area contributed by atoms with Crippen LogP contribution in [0.4, 0.5) is 0 Å². The van der Waals surface area contributed by atoms with Gasteiger partial charge >= 0.3 is 0 Å². The minimum Gasteiger partial charge on any atom is -0.489 e. The second-order valence-corrected chi connectivity index (χ2v) is 6.06. The number of nitrogens with one attached hydrogen (secondary N) is 1. The van der Waals surface area contributed by atoms with Gasteiger partial charge < -0.3 is 14.8 Å². The van der Waals surface area contributed by atoms with Crippen LogP contribution >= 0.6 is 0 Å². The van der Waals surface area contributed by atoms with Gasteiger partial charge in [0, 0.05) is 25.8 Å². The van der Waals surface area contributed by atoms with Gasteiger partial charge in [-0.25, -0.2) is 0 Å². The van der Waals surface area contributed by atoms with Crippen molar-refractivity contribution >= 4 is 10.8 Å². The Hall–Kier alpha value is -2.36. The van der Waals surface area contributed by atoms with Gasteiger partial charge in [-0.3, -0.25) is 0 Å². The summed E-state index contributed by atoms with van der Waals surface area (Å²) in [6.45, 7) is 3.07. The molecular formula is C22H25NO2. The van der Waals surface area contributed by atoms with Gasteiger partial charge in [0.15, 0.2) is 0 Å². The van der Waals surface area contributed by atoms with Crippen LogP contribution in [0.15, 0.2) is 66.7 Å². The molecular weight excluding hydrogens is 310 g/mol. The molecule has 0 heterocycles. The number of methoxy groups -OCH3 is 1. The van der Waals surface area contributed by atoms with Crippen molar-refractivity contribution in [1.29, 1.82) is 0 Å². The van der Waals surface area contributed by atoms with E-state index in [1.807, 2.05) is 18.2 Å². The molecule has 0 aliphatic carbocycles. The second kappa shape index (κ2) is 9.21. The molecule has 0 unspecified atom stereocenters. The Bertz CT molecular complexity index is 786. The van der Waals surface area contributed by atoms with Crippen molar-refractivity contribution in [2.24, 2.45) is 0 Å². The van der Waals surface area contributed by atoms with Gasteiger partial charge in [-0.15, -0.1) is 0 Å². The molecule has 130 valence electrons. The van der Waals surface area contributed by atoms with Crippen LogP contribution in [-0.2, 0) is 17.9 Å². The first-order valence-corrected chi connectivity index (χ1v) is 8.75. The standard InChI is InChI=1S/C22H25NO2/c1-24-15-7-14-23-16-21-20-11-6-5-10-19(20)12-13-22(21)25-17-18-8-3-2-4-9-18/h2-6,8-13,23H,7,14-17H2,1H3. The highest BCUT2D eigenvalue weighted by molar-refractivity contribution is 5.87. The van der Waals surface area contributed by atoms with E-state index in [1.165, 1.54) is 21.9 Å². The fraction of sp³-hybridized carbons (Fsp3) is 0.273. The molecule has 0 aliphatic heterocycles. The predicted octanol–water partition coefficient (Wildman–Crippen LogP) is 4.54. The summed E-state index contributed by atoms with van der Waals surface area (Å²) in [7, 11) is 1.74. The molecule has 0 atom stereocenters. The van der Waals surface area contributed by atoms with Crippen molar-refractivity contribution in [2.45, 2.75) is 19.6 Å². The number of hydrogen-bond donors (Lipinski definition) is 1. The quantitative estimate of drug-likeness (QED) is 0.582. The van der Waals surface area contributed by atoms with Gasteiger partial charge in [0.25, 0.3) is 0 Å². The van der Waals surface area contributed by atoms with Crippen LogP contribution in [0.3, 0.4) is 0 Å². The van der Waals surface area contributed by atoms with E-state index in [4.69, 9.17) is 9.47 Å². The van der Waals surface area contributed by atoms with E-state index in [0.29, 0.717) is 6.61 Å². The van der Waals surface area contributed by atoms with Crippen LogP contribution in [0, 0.1) is 0 Å². The minimum atomic E-state index is 0.579. The zero-order chi connectivity index (χ0) is 17.3. The van der Waals surface area contributed by atoms with Crippen LogP contribution in [0.25, 0.3) is 10.8 Å². The highest BCUT2D eigenvalue weighted by Gasteiger charge is 2.09. The van der Waals surface area contributed by atoms with E-state index in [1.54, 1.807) is 7.11 Å². The zero-order valence-corrected chi connectivity index (χ0v) is 14.7. The smallest absolute Gasteiger partial charge is 0.124 e. The third-order valence-corrected chi connectivity index (χ3v) is 4.24. The van der Waals surface area contributed by atoms with E-state index in [0.717, 1.165) is 31.9 Å². The summed E-state index contributed by atoms with van der Waals surface area (Å²) in [5.74, 6) is 0.946. The lowest BCUT2D eigenvalue weighted by atomic mass is 10.0. The third kappa shape index (κ3) is 4.81. The molecule has 3 rings (SSSR count). The van der Waals surface area contributed by atoms with Crippen molar-refractivity contribution < 1.29 is 9.47 Å². The van der Waals surface area contributed by atoms with Crippen molar-refractivity contribution in [2.75, 3.05) is 20.3 Å². The Morgan fingerprint density at radius 1 is 0.880 bits per heavy atom. The molecule has 0 saturated heterocycles. The van der Waals surface area contributed by atoms with Crippen molar-refractivity contribution in [1.82, 2.24) is 5.32 Å². The summed E-state index contributed by atoms with van der Waals surface area (Å²) >= 11 is 0. The maximum absolute atomic E-state index is 6.14. The molecule has 0 bridgehead atoms. The highest BCUT2D eigenvalue weighted by Crippen LogP contribution is 2.28. The fourth-order valence-electron chi connectivity index (χ4n) is 2.92. The van der Waals surface area contributed by atoms with Crippen LogP contribution in [0.1, 0.15) is 17.5 Å². The van der Waals surface area contributed by atoms with Crippen LogP contribution in [0.2, 0.25) is 0 Å². The minimum absolute atomic E-state index is 0.579. The fourth-order valence-corrected chi connectivity index (χ4v) is 2.92. The monoisotopic (exact) mass is 335 g/mol. The van der Waals surface area contributed by atoms with Gasteiger partial charge in [0.05, 0.1) is 0 Å². The topological polar surface area (TPSA) is 30.5 Å². The summed E-state index contributed by atoms with van der Waals surface area (Å²) in [5, 5.41) is 5.99. The van der Waals surface area contributed by atoms with E-state index < -0.39 is 0 Å². The van der Waals surface area contributed by atoms with Gasteiger partial charge in [-0.05, 0) is 35.4 Å². The molecule has 3 aromatic carbocycles. The molecule has 1 N–H and O–H groups in total. The van der Waals surface area contributed by atoms with Crippen LogP contribution in [-0.4, -0.2) is 20.3 Å². The normalized spacial score (nSPS) is 10.9. The molecule has 0 amide bonds. The molecule has 0 radical (unpaired) electrons. The van der Waals surface area contributed by atoms with Crippen LogP contribution < -0.4 is 10.1 Å². The lowest BCUT2D eigenvalue weighted by Gasteiger charge is -2.15. The molecule has 3 aromatic rings. The lowest BCUT2D eigenvalue weighted by molar-refractivity contribution is 0.194. The van der Waals surface area contributed by atoms with Crippen molar-refractivity contribution in [3.05, 3.63) is 77.9 Å². The average Bonchev–Trinajstić information content (AvgIpc) is 2.67. The first-order chi connectivity index (χ1) is 12.4. The van der Waals surface area contributed by atoms with Gasteiger partial charge in [-0.2, -0.15) is 0 Å². The molecule has 0 aromatic heterocycles. The van der Waals surface area contributed by atoms with Gasteiger partial charge in [0.2, 0.25) is 0 Å². The molecule has 3 nitrogen and oxygen atoms in total. The largest absolute Gasteiger partial charge is 0.489 e. The maximum Gasteiger partial charge on any atom is 0.124 e. The number of benzene rings is 3. The Balaban J connectivity index is 1.77. The second-order valence-electron chi connectivity index (χ2n) is 6.06. The van der Waals surface area contributed by atoms with Gasteiger partial charge in [0.1, 0.15) is 12.4 Å². The summed E-state index contributed by atoms with van der Waals surface area (Å²) in [6, 6.07) is 22.9. The lowest BCUT2D eigenvalue weighted by Crippen LogP contribution is -2.17. The Morgan fingerprint density at radius 3 is 2.52 bits per heavy atom. The summed E-state index contributed by atoms with van der Waals surface area (Å²) in [5.41, 5.74) is 2.39. The average molecular weight is 335 g/mol. The van der Waals surface area contributed by atoms with Crippen molar-refractivity contribution in [3.8, 4) is 5.75 Å². The summed E-state index contributed by atoms with van der Waals surface area (Å²) in [4.78, 5) is 0. The van der Waals surface area contributed by atoms with Gasteiger partial charge in [-0.1, -0.05) is 60.7 Å². The van der Waals surface area contributed by atoms with E-state index in [9.17, 15) is 0 Å². The number of hydrogen-bond acceptors (Lipinski definition) is 3. The highest BCUT2D eigenvalue weighted by atomic mass is 16.5. The molecule has 0 fully saturated rings. The van der Waals surface area contributed by atoms with Crippen LogP contribution in [0.5, 0.6) is 5.75 Å². The Kier molecular flexibility index (Phi) is 6.43. The number of fused-ring (bicyclic) bond motifs is 1.